The van der Waals surface area contributed by atoms with E-state index in [4.69, 9.17) is 0 Å². The lowest BCUT2D eigenvalue weighted by atomic mass is 10.0. The van der Waals surface area contributed by atoms with Crippen LogP contribution in [0.1, 0.15) is 30.9 Å². The van der Waals surface area contributed by atoms with E-state index in [1.807, 2.05) is 54.2 Å². The van der Waals surface area contributed by atoms with Crippen LogP contribution in [-0.2, 0) is 9.59 Å². The highest BCUT2D eigenvalue weighted by molar-refractivity contribution is 7.99. The van der Waals surface area contributed by atoms with Gasteiger partial charge in [-0.05, 0) is 30.2 Å². The Morgan fingerprint density at radius 1 is 1.08 bits per heavy atom. The molecule has 1 N–H and O–H groups in total. The molecule has 0 aliphatic carbocycles. The molecule has 2 aromatic rings. The van der Waals surface area contributed by atoms with Gasteiger partial charge in [0, 0.05) is 23.5 Å². The molecule has 2 aromatic carbocycles. The van der Waals surface area contributed by atoms with Crippen molar-refractivity contribution in [3.05, 3.63) is 60.2 Å². The molecule has 2 amide bonds. The van der Waals surface area contributed by atoms with Crippen molar-refractivity contribution in [1.82, 2.24) is 5.32 Å². The molecular weight excluding hydrogens is 346 g/mol. The summed E-state index contributed by atoms with van der Waals surface area (Å²) < 4.78 is 0. The van der Waals surface area contributed by atoms with Crippen LogP contribution in [0.4, 0.5) is 5.69 Å². The number of thioether (sulfide) groups is 1. The molecule has 2 aliphatic rings. The van der Waals surface area contributed by atoms with Crippen molar-refractivity contribution in [2.45, 2.75) is 30.2 Å². The zero-order valence-corrected chi connectivity index (χ0v) is 15.0. The molecule has 0 radical (unpaired) electrons. The molecule has 1 atom stereocenters. The molecule has 132 valence electrons. The third kappa shape index (κ3) is 3.37. The van der Waals surface area contributed by atoms with Crippen LogP contribution < -0.4 is 10.3 Å². The van der Waals surface area contributed by atoms with Gasteiger partial charge < -0.3 is 5.32 Å². The number of fused-ring (bicyclic) bond motifs is 1. The van der Waals surface area contributed by atoms with Gasteiger partial charge in [-0.15, -0.1) is 11.8 Å². The Bertz CT molecular complexity index is 866. The summed E-state index contributed by atoms with van der Waals surface area (Å²) in [4.78, 5) is 26.2. The van der Waals surface area contributed by atoms with Gasteiger partial charge in [0.2, 0.25) is 5.91 Å². The Balaban J connectivity index is 1.54. The molecule has 0 aromatic heterocycles. The van der Waals surface area contributed by atoms with Crippen LogP contribution in [0.3, 0.4) is 0 Å². The van der Waals surface area contributed by atoms with Crippen molar-refractivity contribution in [3.8, 4) is 0 Å². The fourth-order valence-corrected chi connectivity index (χ4v) is 4.35. The molecule has 6 heteroatoms. The third-order valence-corrected chi connectivity index (χ3v) is 5.68. The smallest absolute Gasteiger partial charge is 0.267 e. The number of rotatable bonds is 3. The van der Waals surface area contributed by atoms with Crippen molar-refractivity contribution < 1.29 is 9.59 Å². The number of anilines is 1. The first kappa shape index (κ1) is 16.8. The lowest BCUT2D eigenvalue weighted by Crippen LogP contribution is -2.41. The van der Waals surface area contributed by atoms with Gasteiger partial charge in [-0.1, -0.05) is 36.4 Å². The summed E-state index contributed by atoms with van der Waals surface area (Å²) >= 11 is 1.82. The molecule has 0 fully saturated rings. The number of para-hydroxylation sites is 1. The Morgan fingerprint density at radius 3 is 2.69 bits per heavy atom. The number of hydrogen-bond donors (Lipinski definition) is 1. The molecule has 0 spiro atoms. The van der Waals surface area contributed by atoms with E-state index in [0.717, 1.165) is 17.7 Å². The van der Waals surface area contributed by atoms with Crippen LogP contribution in [0.2, 0.25) is 0 Å². The van der Waals surface area contributed by atoms with Crippen molar-refractivity contribution in [1.29, 1.82) is 0 Å². The Hall–Kier alpha value is -2.60. The molecule has 0 saturated heterocycles. The number of carbonyl (C=O) groups excluding carboxylic acids is 2. The molecule has 0 saturated carbocycles. The summed E-state index contributed by atoms with van der Waals surface area (Å²) in [7, 11) is 0. The minimum Gasteiger partial charge on any atom is -0.344 e. The van der Waals surface area contributed by atoms with E-state index in [0.29, 0.717) is 17.8 Å². The first-order chi connectivity index (χ1) is 12.7. The average molecular weight is 365 g/mol. The minimum atomic E-state index is -0.190. The lowest BCUT2D eigenvalue weighted by molar-refractivity contribution is -0.119. The highest BCUT2D eigenvalue weighted by atomic mass is 32.2. The SMILES string of the molecule is O=C(NC1CCSc2ccccc21)C1=NN(c2ccccc2)C(=O)CC1. The maximum atomic E-state index is 12.8. The highest BCUT2D eigenvalue weighted by Crippen LogP contribution is 2.35. The van der Waals surface area contributed by atoms with Crippen LogP contribution in [0.5, 0.6) is 0 Å². The summed E-state index contributed by atoms with van der Waals surface area (Å²) in [5, 5.41) is 8.78. The number of amides is 2. The molecule has 5 nitrogen and oxygen atoms in total. The van der Waals surface area contributed by atoms with E-state index in [1.54, 1.807) is 0 Å². The fraction of sp³-hybridized carbons (Fsp3) is 0.250. The van der Waals surface area contributed by atoms with E-state index in [2.05, 4.69) is 22.6 Å². The maximum absolute atomic E-state index is 12.8. The molecule has 2 heterocycles. The number of carbonyl (C=O) groups is 2. The predicted octanol–water partition coefficient (Wildman–Crippen LogP) is 3.52. The van der Waals surface area contributed by atoms with Crippen LogP contribution in [0.25, 0.3) is 0 Å². The largest absolute Gasteiger partial charge is 0.344 e. The second kappa shape index (κ2) is 7.33. The zero-order chi connectivity index (χ0) is 17.9. The van der Waals surface area contributed by atoms with Crippen molar-refractivity contribution >= 4 is 35.0 Å². The summed E-state index contributed by atoms with van der Waals surface area (Å²) in [6.07, 6.45) is 1.55. The van der Waals surface area contributed by atoms with E-state index < -0.39 is 0 Å². The molecule has 2 aliphatic heterocycles. The summed E-state index contributed by atoms with van der Waals surface area (Å²) in [6.45, 7) is 0. The third-order valence-electron chi connectivity index (χ3n) is 4.56. The molecule has 0 bridgehead atoms. The van der Waals surface area contributed by atoms with Crippen LogP contribution in [-0.4, -0.2) is 23.3 Å². The van der Waals surface area contributed by atoms with Gasteiger partial charge in [-0.3, -0.25) is 9.59 Å². The molecular formula is C20H19N3O2S. The fourth-order valence-electron chi connectivity index (χ4n) is 3.22. The number of benzene rings is 2. The molecule has 1 unspecified atom stereocenters. The first-order valence-electron chi connectivity index (χ1n) is 8.70. The van der Waals surface area contributed by atoms with E-state index in [-0.39, 0.29) is 24.3 Å². The van der Waals surface area contributed by atoms with Gasteiger partial charge >= 0.3 is 0 Å². The van der Waals surface area contributed by atoms with Crippen LogP contribution in [0.15, 0.2) is 64.6 Å². The van der Waals surface area contributed by atoms with Crippen molar-refractivity contribution in [3.63, 3.8) is 0 Å². The number of nitrogens with zero attached hydrogens (tertiary/aromatic N) is 2. The minimum absolute atomic E-state index is 0.00884. The zero-order valence-electron chi connectivity index (χ0n) is 14.2. The topological polar surface area (TPSA) is 61.8 Å². The van der Waals surface area contributed by atoms with Crippen LogP contribution in [0, 0.1) is 0 Å². The van der Waals surface area contributed by atoms with E-state index >= 15 is 0 Å². The Kier molecular flexibility index (Phi) is 4.75. The second-order valence-corrected chi connectivity index (χ2v) is 7.43. The molecule has 26 heavy (non-hydrogen) atoms. The van der Waals surface area contributed by atoms with Gasteiger partial charge in [-0.2, -0.15) is 5.10 Å². The Morgan fingerprint density at radius 2 is 1.85 bits per heavy atom. The monoisotopic (exact) mass is 365 g/mol. The summed E-state index contributed by atoms with van der Waals surface area (Å²) in [5.74, 6) is 0.695. The predicted molar refractivity (Wildman–Crippen MR) is 103 cm³/mol. The quantitative estimate of drug-likeness (QED) is 0.905. The van der Waals surface area contributed by atoms with Gasteiger partial charge in [0.05, 0.1) is 11.7 Å². The van der Waals surface area contributed by atoms with Crippen LogP contribution >= 0.6 is 11.8 Å². The normalized spacial score (nSPS) is 19.5. The van der Waals surface area contributed by atoms with Gasteiger partial charge in [0.15, 0.2) is 0 Å². The summed E-state index contributed by atoms with van der Waals surface area (Å²) in [5.41, 5.74) is 2.25. The maximum Gasteiger partial charge on any atom is 0.267 e. The van der Waals surface area contributed by atoms with Crippen molar-refractivity contribution in [2.24, 2.45) is 5.10 Å². The van der Waals surface area contributed by atoms with Gasteiger partial charge in [0.25, 0.3) is 5.91 Å². The first-order valence-corrected chi connectivity index (χ1v) is 9.69. The second-order valence-electron chi connectivity index (χ2n) is 6.29. The van der Waals surface area contributed by atoms with Gasteiger partial charge in [0.1, 0.15) is 5.71 Å². The molecule has 4 rings (SSSR count). The highest BCUT2D eigenvalue weighted by Gasteiger charge is 2.28. The van der Waals surface area contributed by atoms with E-state index in [1.165, 1.54) is 9.90 Å². The van der Waals surface area contributed by atoms with E-state index in [9.17, 15) is 9.59 Å². The average Bonchev–Trinajstić information content (AvgIpc) is 2.69. The summed E-state index contributed by atoms with van der Waals surface area (Å²) in [6, 6.07) is 17.4. The lowest BCUT2D eigenvalue weighted by Gasteiger charge is -2.27. The number of nitrogens with one attached hydrogen (secondary N) is 1. The Labute approximate surface area is 156 Å². The van der Waals surface area contributed by atoms with Gasteiger partial charge in [-0.25, -0.2) is 5.01 Å². The van der Waals surface area contributed by atoms with Crippen molar-refractivity contribution in [2.75, 3.05) is 10.8 Å². The standard InChI is InChI=1S/C20H19N3O2S/c24-19-11-10-17(22-23(19)14-6-2-1-3-7-14)20(25)21-16-12-13-26-18-9-5-4-8-15(16)18/h1-9,16H,10-13H2,(H,21,25). The number of hydrogen-bond acceptors (Lipinski definition) is 4. The number of hydrazone groups is 1.